The Balaban J connectivity index is 1.45. The number of rotatable bonds is 4. The van der Waals surface area contributed by atoms with Crippen LogP contribution >= 0.6 is 11.3 Å². The zero-order chi connectivity index (χ0) is 27.8. The second-order valence-electron chi connectivity index (χ2n) is 9.09. The first-order chi connectivity index (χ1) is 19.4. The number of hydrogen-bond donors (Lipinski definition) is 2. The molecule has 0 saturated heterocycles. The summed E-state index contributed by atoms with van der Waals surface area (Å²) in [4.78, 5) is 41.3. The van der Waals surface area contributed by atoms with Crippen LogP contribution in [0.3, 0.4) is 0 Å². The molecule has 3 N–H and O–H groups in total. The number of pyridine rings is 2. The molecule has 0 bridgehead atoms. The molecule has 11 heteroatoms. The van der Waals surface area contributed by atoms with Crippen molar-refractivity contribution in [2.75, 3.05) is 5.73 Å². The molecule has 5 aromatic heterocycles. The highest BCUT2D eigenvalue weighted by Gasteiger charge is 2.25. The number of nitrogens with one attached hydrogen (secondary N) is 1. The monoisotopic (exact) mass is 546 g/mol. The minimum Gasteiger partial charge on any atom is -0.383 e. The topological polar surface area (TPSA) is 133 Å². The van der Waals surface area contributed by atoms with Crippen LogP contribution in [0, 0.1) is 11.8 Å². The average Bonchev–Trinajstić information content (AvgIpc) is 3.57. The number of anilines is 1. The number of fused-ring (bicyclic) bond motifs is 2. The number of nitrogens with zero attached hydrogens (tertiary/aromatic N) is 6. The highest BCUT2D eigenvalue weighted by molar-refractivity contribution is 7.15. The van der Waals surface area contributed by atoms with Crippen LogP contribution in [0.5, 0.6) is 0 Å². The Morgan fingerprint density at radius 3 is 2.70 bits per heavy atom. The van der Waals surface area contributed by atoms with Gasteiger partial charge in [0.15, 0.2) is 4.96 Å². The predicted octanol–water partition coefficient (Wildman–Crippen LogP) is 3.57. The summed E-state index contributed by atoms with van der Waals surface area (Å²) in [7, 11) is 1.81. The van der Waals surface area contributed by atoms with Gasteiger partial charge in [-0.1, -0.05) is 36.3 Å². The number of benzene rings is 1. The number of hydrogen-bond acceptors (Lipinski definition) is 8. The standard InChI is InChI=1S/C29H22N8O2S/c1-17(34-27(38)23-25-20(9-6-12-31-25)14-32-26(23)30)24-22(19-7-4-3-5-8-19)28(39)37-21(16-40-29(37)35-24)11-10-18-13-33-36(2)15-18/h3-9,12-17H,1-2H3,(H2,30,32)(H,34,38). The third-order valence-electron chi connectivity index (χ3n) is 6.36. The van der Waals surface area contributed by atoms with E-state index >= 15 is 0 Å². The fourth-order valence-electron chi connectivity index (χ4n) is 4.48. The van der Waals surface area contributed by atoms with Crippen LogP contribution in [0.1, 0.15) is 40.3 Å². The van der Waals surface area contributed by atoms with Crippen molar-refractivity contribution in [2.45, 2.75) is 13.0 Å². The second kappa shape index (κ2) is 10.1. The molecule has 0 aliphatic rings. The van der Waals surface area contributed by atoms with E-state index in [4.69, 9.17) is 10.7 Å². The zero-order valence-electron chi connectivity index (χ0n) is 21.5. The van der Waals surface area contributed by atoms with Crippen LogP contribution in [0.15, 0.2) is 77.4 Å². The number of aromatic nitrogens is 6. The van der Waals surface area contributed by atoms with Crippen LogP contribution in [0.25, 0.3) is 27.0 Å². The summed E-state index contributed by atoms with van der Waals surface area (Å²) < 4.78 is 3.17. The van der Waals surface area contributed by atoms with Gasteiger partial charge < -0.3 is 11.1 Å². The lowest BCUT2D eigenvalue weighted by molar-refractivity contribution is 0.0941. The Kier molecular flexibility index (Phi) is 6.30. The zero-order valence-corrected chi connectivity index (χ0v) is 22.3. The van der Waals surface area contributed by atoms with Crippen molar-refractivity contribution >= 4 is 38.9 Å². The molecule has 0 radical (unpaired) electrons. The van der Waals surface area contributed by atoms with E-state index in [2.05, 4.69) is 32.2 Å². The van der Waals surface area contributed by atoms with E-state index < -0.39 is 11.9 Å². The predicted molar refractivity (Wildman–Crippen MR) is 154 cm³/mol. The lowest BCUT2D eigenvalue weighted by Gasteiger charge is -2.18. The van der Waals surface area contributed by atoms with Crippen molar-refractivity contribution in [2.24, 2.45) is 7.05 Å². The molecule has 6 rings (SSSR count). The Hall–Kier alpha value is -5.34. The normalized spacial score (nSPS) is 11.8. The van der Waals surface area contributed by atoms with Gasteiger partial charge in [-0.05, 0) is 30.5 Å². The molecule has 1 unspecified atom stereocenters. The van der Waals surface area contributed by atoms with Crippen LogP contribution < -0.4 is 16.6 Å². The Morgan fingerprint density at radius 2 is 1.93 bits per heavy atom. The molecule has 0 spiro atoms. The summed E-state index contributed by atoms with van der Waals surface area (Å²) in [5.41, 5.74) is 9.16. The maximum absolute atomic E-state index is 14.0. The fourth-order valence-corrected chi connectivity index (χ4v) is 5.30. The van der Waals surface area contributed by atoms with Gasteiger partial charge in [0.25, 0.3) is 11.5 Å². The van der Waals surface area contributed by atoms with Gasteiger partial charge in [0.05, 0.1) is 34.6 Å². The minimum atomic E-state index is -0.647. The molecule has 0 fully saturated rings. The van der Waals surface area contributed by atoms with Crippen LogP contribution in [0.4, 0.5) is 5.82 Å². The molecule has 10 nitrogen and oxygen atoms in total. The largest absolute Gasteiger partial charge is 0.383 e. The van der Waals surface area contributed by atoms with Crippen molar-refractivity contribution in [3.05, 3.63) is 106 Å². The van der Waals surface area contributed by atoms with Gasteiger partial charge in [-0.3, -0.25) is 19.3 Å². The summed E-state index contributed by atoms with van der Waals surface area (Å²) in [6.07, 6.45) is 6.63. The van der Waals surface area contributed by atoms with E-state index in [9.17, 15) is 9.59 Å². The van der Waals surface area contributed by atoms with Crippen molar-refractivity contribution in [3.63, 3.8) is 0 Å². The maximum Gasteiger partial charge on any atom is 0.267 e. The third kappa shape index (κ3) is 4.46. The number of nitrogen functional groups attached to an aromatic ring is 1. The molecule has 5 heterocycles. The van der Waals surface area contributed by atoms with Gasteiger partial charge in [0.2, 0.25) is 0 Å². The lowest BCUT2D eigenvalue weighted by Crippen LogP contribution is -2.31. The first kappa shape index (κ1) is 25.0. The molecular formula is C29H22N8O2S. The van der Waals surface area contributed by atoms with E-state index in [0.717, 1.165) is 5.56 Å². The van der Waals surface area contributed by atoms with E-state index in [1.165, 1.54) is 15.7 Å². The first-order valence-electron chi connectivity index (χ1n) is 12.3. The van der Waals surface area contributed by atoms with Gasteiger partial charge in [-0.2, -0.15) is 5.10 Å². The molecule has 0 saturated carbocycles. The van der Waals surface area contributed by atoms with Crippen molar-refractivity contribution in [1.82, 2.24) is 34.4 Å². The molecule has 6 aromatic rings. The van der Waals surface area contributed by atoms with Crippen LogP contribution in [-0.2, 0) is 7.05 Å². The van der Waals surface area contributed by atoms with Crippen molar-refractivity contribution in [1.29, 1.82) is 0 Å². The summed E-state index contributed by atoms with van der Waals surface area (Å²) in [5, 5.41) is 9.58. The molecule has 1 aromatic carbocycles. The van der Waals surface area contributed by atoms with Gasteiger partial charge in [-0.25, -0.2) is 14.4 Å². The van der Waals surface area contributed by atoms with E-state index in [0.29, 0.717) is 38.4 Å². The van der Waals surface area contributed by atoms with Crippen molar-refractivity contribution in [3.8, 4) is 23.0 Å². The summed E-state index contributed by atoms with van der Waals surface area (Å²) in [5.74, 6) is 5.73. The molecule has 0 aliphatic carbocycles. The SMILES string of the molecule is CC(NC(=O)c1c(N)ncc2cccnc12)c1nc2scc(C#Cc3cnn(C)c3)n2c(=O)c1-c1ccccc1. The van der Waals surface area contributed by atoms with Gasteiger partial charge >= 0.3 is 0 Å². The Morgan fingerprint density at radius 1 is 1.10 bits per heavy atom. The minimum absolute atomic E-state index is 0.0674. The molecular weight excluding hydrogens is 524 g/mol. The first-order valence-corrected chi connectivity index (χ1v) is 13.2. The number of nitrogens with two attached hydrogens (primary N) is 1. The number of aryl methyl sites for hydroxylation is 1. The van der Waals surface area contributed by atoms with Gasteiger partial charge in [0, 0.05) is 36.4 Å². The summed E-state index contributed by atoms with van der Waals surface area (Å²) in [6, 6.07) is 12.2. The molecule has 0 aliphatic heterocycles. The summed E-state index contributed by atoms with van der Waals surface area (Å²) >= 11 is 1.30. The maximum atomic E-state index is 14.0. The smallest absolute Gasteiger partial charge is 0.267 e. The van der Waals surface area contributed by atoms with Gasteiger partial charge in [-0.15, -0.1) is 11.3 Å². The molecule has 196 valence electrons. The molecule has 1 amide bonds. The quantitative estimate of drug-likeness (QED) is 0.323. The highest BCUT2D eigenvalue weighted by Crippen LogP contribution is 2.27. The van der Waals surface area contributed by atoms with Crippen LogP contribution in [-0.4, -0.2) is 35.0 Å². The third-order valence-corrected chi connectivity index (χ3v) is 7.18. The van der Waals surface area contributed by atoms with E-state index in [1.807, 2.05) is 43.4 Å². The average molecular weight is 547 g/mol. The van der Waals surface area contributed by atoms with Crippen LogP contribution in [0.2, 0.25) is 0 Å². The number of carbonyl (C=O) groups is 1. The lowest BCUT2D eigenvalue weighted by atomic mass is 10.0. The fraction of sp³-hybridized carbons (Fsp3) is 0.103. The summed E-state index contributed by atoms with van der Waals surface area (Å²) in [6.45, 7) is 1.78. The van der Waals surface area contributed by atoms with Crippen molar-refractivity contribution < 1.29 is 4.79 Å². The number of carbonyl (C=O) groups excluding carboxylic acids is 1. The number of thiazole rings is 1. The van der Waals surface area contributed by atoms with E-state index in [-0.39, 0.29) is 16.9 Å². The highest BCUT2D eigenvalue weighted by atomic mass is 32.1. The molecule has 40 heavy (non-hydrogen) atoms. The Bertz CT molecular complexity index is 2030. The Labute approximate surface area is 232 Å². The van der Waals surface area contributed by atoms with Gasteiger partial charge in [0.1, 0.15) is 17.1 Å². The van der Waals surface area contributed by atoms with E-state index in [1.54, 1.807) is 47.8 Å². The molecule has 1 atom stereocenters. The number of amides is 1. The second-order valence-corrected chi connectivity index (χ2v) is 9.93.